The second kappa shape index (κ2) is 7.34. The van der Waals surface area contributed by atoms with Crippen molar-refractivity contribution in [1.29, 1.82) is 0 Å². The number of benzene rings is 1. The fourth-order valence-electron chi connectivity index (χ4n) is 1.79. The number of rotatable bonds is 4. The Morgan fingerprint density at radius 3 is 2.40 bits per heavy atom. The topological polar surface area (TPSA) is 51.2 Å². The Labute approximate surface area is 147 Å². The average Bonchev–Trinajstić information content (AvgIpc) is 2.54. The molecule has 4 nitrogen and oxygen atoms in total. The number of carbonyl (C=O) groups is 1. The van der Waals surface area contributed by atoms with Crippen molar-refractivity contribution in [3.8, 4) is 0 Å². The number of hydrogen-bond donors (Lipinski definition) is 1. The number of hydrogen-bond acceptors (Lipinski definition) is 3. The first-order chi connectivity index (χ1) is 11.6. The lowest BCUT2D eigenvalue weighted by atomic mass is 10.1. The van der Waals surface area contributed by atoms with E-state index in [0.717, 1.165) is 6.20 Å². The third-order valence-electron chi connectivity index (χ3n) is 2.98. The number of nitrogens with zero attached hydrogens (tertiary/aromatic N) is 1. The van der Waals surface area contributed by atoms with E-state index in [1.165, 1.54) is 0 Å². The molecule has 0 radical (unpaired) electrons. The van der Waals surface area contributed by atoms with E-state index < -0.39 is 29.6 Å². The third-order valence-corrected chi connectivity index (χ3v) is 3.42. The summed E-state index contributed by atoms with van der Waals surface area (Å²) in [5, 5.41) is 1.81. The van der Waals surface area contributed by atoms with Gasteiger partial charge in [0.05, 0.1) is 5.56 Å². The summed E-state index contributed by atoms with van der Waals surface area (Å²) < 4.78 is 69.7. The molecule has 0 fully saturated rings. The molecule has 1 aromatic carbocycles. The molecule has 0 atom stereocenters. The normalized spacial score (nSPS) is 11.9. The van der Waals surface area contributed by atoms with Gasteiger partial charge in [0.25, 0.3) is 0 Å². The van der Waals surface area contributed by atoms with Gasteiger partial charge in [0.1, 0.15) is 12.4 Å². The molecule has 0 spiro atoms. The molecule has 2 aromatic rings. The van der Waals surface area contributed by atoms with Crippen LogP contribution in [0.15, 0.2) is 47.1 Å². The minimum Gasteiger partial charge on any atom is -0.444 e. The standard InChI is InChI=1S/C15H10BrF5N2O2/c16-10-6-11(14(17,18)15(19,20)21)12(22-7-10)23-13(24)25-8-9-4-2-1-3-5-9/h1-7H,8H2,(H,22,23,24). The zero-order chi connectivity index (χ0) is 18.7. The van der Waals surface area contributed by atoms with Crippen LogP contribution in [0.5, 0.6) is 0 Å². The number of nitrogens with one attached hydrogen (secondary N) is 1. The van der Waals surface area contributed by atoms with Gasteiger partial charge < -0.3 is 4.74 Å². The van der Waals surface area contributed by atoms with Crippen LogP contribution in [0, 0.1) is 0 Å². The molecule has 0 aliphatic rings. The number of ether oxygens (including phenoxy) is 1. The van der Waals surface area contributed by atoms with Crippen molar-refractivity contribution in [2.75, 3.05) is 5.32 Å². The minimum absolute atomic E-state index is 0.102. The van der Waals surface area contributed by atoms with Gasteiger partial charge in [-0.25, -0.2) is 9.78 Å². The van der Waals surface area contributed by atoms with E-state index in [4.69, 9.17) is 4.74 Å². The largest absolute Gasteiger partial charge is 0.458 e. The van der Waals surface area contributed by atoms with Crippen LogP contribution in [0.1, 0.15) is 11.1 Å². The maximum atomic E-state index is 13.6. The van der Waals surface area contributed by atoms with Gasteiger partial charge in [0.15, 0.2) is 0 Å². The molecule has 10 heteroatoms. The van der Waals surface area contributed by atoms with Crippen molar-refractivity contribution in [1.82, 2.24) is 4.98 Å². The Morgan fingerprint density at radius 2 is 1.80 bits per heavy atom. The van der Waals surface area contributed by atoms with Gasteiger partial charge in [-0.05, 0) is 27.6 Å². The molecule has 1 amide bonds. The molecule has 1 N–H and O–H groups in total. The number of carbonyl (C=O) groups excluding carboxylic acids is 1. The summed E-state index contributed by atoms with van der Waals surface area (Å²) in [7, 11) is 0. The highest BCUT2D eigenvalue weighted by molar-refractivity contribution is 9.10. The van der Waals surface area contributed by atoms with Gasteiger partial charge in [-0.2, -0.15) is 22.0 Å². The fraction of sp³-hybridized carbons (Fsp3) is 0.200. The van der Waals surface area contributed by atoms with Crippen LogP contribution in [0.3, 0.4) is 0 Å². The van der Waals surface area contributed by atoms with Crippen molar-refractivity contribution in [3.05, 3.63) is 58.2 Å². The SMILES string of the molecule is O=C(Nc1ncc(Br)cc1C(F)(F)C(F)(F)F)OCc1ccccc1. The van der Waals surface area contributed by atoms with E-state index >= 15 is 0 Å². The Hall–Kier alpha value is -2.23. The summed E-state index contributed by atoms with van der Waals surface area (Å²) in [6.07, 6.45) is -6.08. The molecule has 0 bridgehead atoms. The minimum atomic E-state index is -5.85. The van der Waals surface area contributed by atoms with Crippen LogP contribution in [-0.4, -0.2) is 17.3 Å². The molecule has 0 saturated carbocycles. The van der Waals surface area contributed by atoms with E-state index in [2.05, 4.69) is 20.9 Å². The van der Waals surface area contributed by atoms with Crippen molar-refractivity contribution in [2.24, 2.45) is 0 Å². The second-order valence-corrected chi connectivity index (χ2v) is 5.72. The molecular weight excluding hydrogens is 415 g/mol. The Balaban J connectivity index is 2.18. The number of amides is 1. The van der Waals surface area contributed by atoms with E-state index in [0.29, 0.717) is 11.6 Å². The van der Waals surface area contributed by atoms with Gasteiger partial charge in [0, 0.05) is 10.7 Å². The molecule has 2 rings (SSSR count). The van der Waals surface area contributed by atoms with E-state index in [-0.39, 0.29) is 11.1 Å². The van der Waals surface area contributed by atoms with E-state index in [1.807, 2.05) is 5.32 Å². The van der Waals surface area contributed by atoms with Crippen LogP contribution >= 0.6 is 15.9 Å². The van der Waals surface area contributed by atoms with Crippen molar-refractivity contribution < 1.29 is 31.5 Å². The summed E-state index contributed by atoms with van der Waals surface area (Å²) in [5.41, 5.74) is -0.881. The smallest absolute Gasteiger partial charge is 0.444 e. The van der Waals surface area contributed by atoms with Crippen molar-refractivity contribution >= 4 is 27.8 Å². The molecule has 0 saturated heterocycles. The molecule has 1 aromatic heterocycles. The van der Waals surface area contributed by atoms with Crippen molar-refractivity contribution in [2.45, 2.75) is 18.7 Å². The summed E-state index contributed by atoms with van der Waals surface area (Å²) in [5.74, 6) is -6.14. The predicted octanol–water partition coefficient (Wildman–Crippen LogP) is 5.25. The lowest BCUT2D eigenvalue weighted by Crippen LogP contribution is -2.35. The Bertz CT molecular complexity index is 753. The monoisotopic (exact) mass is 424 g/mol. The quantitative estimate of drug-likeness (QED) is 0.682. The Kier molecular flexibility index (Phi) is 5.61. The molecule has 1 heterocycles. The first kappa shape index (κ1) is 19.1. The highest BCUT2D eigenvalue weighted by atomic mass is 79.9. The van der Waals surface area contributed by atoms with Gasteiger partial charge in [-0.15, -0.1) is 0 Å². The number of anilines is 1. The zero-order valence-electron chi connectivity index (χ0n) is 12.3. The molecule has 134 valence electrons. The van der Waals surface area contributed by atoms with E-state index in [9.17, 15) is 26.7 Å². The lowest BCUT2D eigenvalue weighted by molar-refractivity contribution is -0.289. The molecular formula is C15H10BrF5N2O2. The summed E-state index contributed by atoms with van der Waals surface area (Å²) in [4.78, 5) is 15.1. The molecule has 25 heavy (non-hydrogen) atoms. The molecule has 0 aliphatic heterocycles. The van der Waals surface area contributed by atoms with Gasteiger partial charge in [0.2, 0.25) is 0 Å². The maximum Gasteiger partial charge on any atom is 0.458 e. The Morgan fingerprint density at radius 1 is 1.16 bits per heavy atom. The maximum absolute atomic E-state index is 13.6. The lowest BCUT2D eigenvalue weighted by Gasteiger charge is -2.22. The average molecular weight is 425 g/mol. The van der Waals surface area contributed by atoms with Gasteiger partial charge >= 0.3 is 18.2 Å². The number of aromatic nitrogens is 1. The zero-order valence-corrected chi connectivity index (χ0v) is 13.9. The van der Waals surface area contributed by atoms with Crippen LogP contribution in [0.2, 0.25) is 0 Å². The van der Waals surface area contributed by atoms with Crippen LogP contribution in [0.25, 0.3) is 0 Å². The van der Waals surface area contributed by atoms with Crippen molar-refractivity contribution in [3.63, 3.8) is 0 Å². The van der Waals surface area contributed by atoms with Crippen LogP contribution in [0.4, 0.5) is 32.6 Å². The van der Waals surface area contributed by atoms with Crippen LogP contribution < -0.4 is 5.32 Å². The first-order valence-electron chi connectivity index (χ1n) is 6.69. The predicted molar refractivity (Wildman–Crippen MR) is 82.1 cm³/mol. The highest BCUT2D eigenvalue weighted by Crippen LogP contribution is 2.46. The number of halogens is 6. The molecule has 0 aliphatic carbocycles. The summed E-state index contributed by atoms with van der Waals surface area (Å²) in [6, 6.07) is 8.95. The summed E-state index contributed by atoms with van der Waals surface area (Å²) >= 11 is 2.78. The fourth-order valence-corrected chi connectivity index (χ4v) is 2.12. The van der Waals surface area contributed by atoms with E-state index in [1.54, 1.807) is 30.3 Å². The third kappa shape index (κ3) is 4.65. The molecule has 0 unspecified atom stereocenters. The highest BCUT2D eigenvalue weighted by Gasteiger charge is 2.60. The summed E-state index contributed by atoms with van der Waals surface area (Å²) in [6.45, 7) is -0.186. The first-order valence-corrected chi connectivity index (χ1v) is 7.49. The number of alkyl halides is 5. The van der Waals surface area contributed by atoms with Gasteiger partial charge in [-0.3, -0.25) is 5.32 Å². The number of pyridine rings is 1. The van der Waals surface area contributed by atoms with Crippen LogP contribution in [-0.2, 0) is 17.3 Å². The second-order valence-electron chi connectivity index (χ2n) is 4.81. The van der Waals surface area contributed by atoms with Gasteiger partial charge in [-0.1, -0.05) is 30.3 Å².